The summed E-state index contributed by atoms with van der Waals surface area (Å²) in [6.07, 6.45) is 1.07. The Hall–Kier alpha value is -3.02. The SMILES string of the molecule is [C-]#[N+]C1=NN(c2cc(Cl)c(OC3=NCC(=O)C(C(C)C)=C3)c(Cl)c2)C(=O)CC1=O. The number of halogens is 2. The molecule has 0 unspecified atom stereocenters. The highest BCUT2D eigenvalue weighted by Crippen LogP contribution is 2.38. The van der Waals surface area contributed by atoms with Crippen LogP contribution in [0.3, 0.4) is 0 Å². The summed E-state index contributed by atoms with van der Waals surface area (Å²) in [5.74, 6) is -1.43. The van der Waals surface area contributed by atoms with Crippen LogP contribution in [0.1, 0.15) is 20.3 Å². The van der Waals surface area contributed by atoms with E-state index in [9.17, 15) is 14.4 Å². The molecule has 0 aromatic heterocycles. The summed E-state index contributed by atoms with van der Waals surface area (Å²) in [6.45, 7) is 10.7. The minimum absolute atomic E-state index is 0.00671. The van der Waals surface area contributed by atoms with Gasteiger partial charge in [-0.25, -0.2) is 4.99 Å². The first kappa shape index (κ1) is 20.7. The maximum absolute atomic E-state index is 12.1. The number of hydrogen-bond donors (Lipinski definition) is 0. The van der Waals surface area contributed by atoms with Crippen LogP contribution in [0.5, 0.6) is 5.75 Å². The number of ketones is 2. The van der Waals surface area contributed by atoms with Gasteiger partial charge in [0, 0.05) is 11.6 Å². The lowest BCUT2D eigenvalue weighted by Crippen LogP contribution is -2.36. The van der Waals surface area contributed by atoms with Crippen molar-refractivity contribution in [2.24, 2.45) is 16.0 Å². The summed E-state index contributed by atoms with van der Waals surface area (Å²) in [6, 6.07) is 2.76. The molecule has 0 spiro atoms. The smallest absolute Gasteiger partial charge is 0.337 e. The second kappa shape index (κ2) is 8.15. The Labute approximate surface area is 176 Å². The molecular formula is C19H14Cl2N4O4. The highest BCUT2D eigenvalue weighted by molar-refractivity contribution is 6.47. The van der Waals surface area contributed by atoms with Gasteiger partial charge in [-0.15, -0.1) is 5.01 Å². The number of hydrazone groups is 1. The highest BCUT2D eigenvalue weighted by Gasteiger charge is 2.32. The van der Waals surface area contributed by atoms with Crippen molar-refractivity contribution >= 4 is 58.1 Å². The second-order valence-corrected chi connectivity index (χ2v) is 7.33. The first-order chi connectivity index (χ1) is 13.7. The van der Waals surface area contributed by atoms with E-state index in [1.807, 2.05) is 13.8 Å². The summed E-state index contributed by atoms with van der Waals surface area (Å²) < 4.78 is 5.69. The Morgan fingerprint density at radius 3 is 2.41 bits per heavy atom. The van der Waals surface area contributed by atoms with Crippen LogP contribution >= 0.6 is 23.2 Å². The molecule has 1 amide bonds. The summed E-state index contributed by atoms with van der Waals surface area (Å²) in [5.41, 5.74) is 0.772. The highest BCUT2D eigenvalue weighted by atomic mass is 35.5. The Bertz CT molecular complexity index is 1040. The fourth-order valence-electron chi connectivity index (χ4n) is 2.71. The Morgan fingerprint density at radius 1 is 1.17 bits per heavy atom. The lowest BCUT2D eigenvalue weighted by Gasteiger charge is -2.19. The van der Waals surface area contributed by atoms with Gasteiger partial charge in [-0.2, -0.15) is 0 Å². The number of Topliss-reactive ketones (excluding diaryl/α,β-unsaturated/α-hetero) is 2. The molecule has 0 N–H and O–H groups in total. The summed E-state index contributed by atoms with van der Waals surface area (Å²) in [4.78, 5) is 42.8. The van der Waals surface area contributed by atoms with Crippen molar-refractivity contribution in [3.63, 3.8) is 0 Å². The van der Waals surface area contributed by atoms with E-state index in [0.29, 0.717) is 5.57 Å². The lowest BCUT2D eigenvalue weighted by molar-refractivity contribution is -0.124. The molecule has 2 aliphatic heterocycles. The van der Waals surface area contributed by atoms with E-state index in [4.69, 9.17) is 34.5 Å². The van der Waals surface area contributed by atoms with Crippen molar-refractivity contribution in [2.75, 3.05) is 11.6 Å². The van der Waals surface area contributed by atoms with Gasteiger partial charge in [-0.1, -0.05) is 43.6 Å². The first-order valence-corrected chi connectivity index (χ1v) is 9.25. The summed E-state index contributed by atoms with van der Waals surface area (Å²) >= 11 is 12.6. The predicted molar refractivity (Wildman–Crippen MR) is 108 cm³/mol. The molecule has 0 aliphatic carbocycles. The number of rotatable bonds is 3. The van der Waals surface area contributed by atoms with E-state index in [1.165, 1.54) is 12.1 Å². The standard InChI is InChI=1S/C19H14Cl2N4O4/c1-9(2)11-6-16(23-8-15(11)27)29-18-12(20)4-10(5-13(18)21)25-17(28)7-14(26)19(22-3)24-25/h4-6,9H,7-8H2,1-2H3. The number of ether oxygens (including phenoxy) is 1. The molecule has 0 saturated heterocycles. The molecule has 1 aromatic rings. The number of carbonyl (C=O) groups excluding carboxylic acids is 3. The molecule has 3 rings (SSSR count). The number of dihydropyridines is 1. The molecule has 0 bridgehead atoms. The fourth-order valence-corrected chi connectivity index (χ4v) is 3.26. The second-order valence-electron chi connectivity index (χ2n) is 6.51. The number of carbonyl (C=O) groups is 3. The van der Waals surface area contributed by atoms with Crippen LogP contribution in [0.25, 0.3) is 4.85 Å². The maximum atomic E-state index is 12.1. The van der Waals surface area contributed by atoms with Gasteiger partial charge in [0.2, 0.25) is 5.90 Å². The molecule has 148 valence electrons. The zero-order valence-corrected chi connectivity index (χ0v) is 16.9. The summed E-state index contributed by atoms with van der Waals surface area (Å²) in [5, 5.41) is 4.80. The van der Waals surface area contributed by atoms with E-state index in [1.54, 1.807) is 6.08 Å². The monoisotopic (exact) mass is 432 g/mol. The van der Waals surface area contributed by atoms with Crippen LogP contribution in [0, 0.1) is 12.5 Å². The van der Waals surface area contributed by atoms with Gasteiger partial charge >= 0.3 is 5.84 Å². The third-order valence-electron chi connectivity index (χ3n) is 4.13. The molecule has 29 heavy (non-hydrogen) atoms. The van der Waals surface area contributed by atoms with Crippen LogP contribution in [0.15, 0.2) is 33.9 Å². The third kappa shape index (κ3) is 4.21. The quantitative estimate of drug-likeness (QED) is 0.539. The van der Waals surface area contributed by atoms with Gasteiger partial charge in [0.15, 0.2) is 17.3 Å². The zero-order chi connectivity index (χ0) is 21.3. The average molecular weight is 433 g/mol. The van der Waals surface area contributed by atoms with Gasteiger partial charge in [0.05, 0.1) is 22.2 Å². The first-order valence-electron chi connectivity index (χ1n) is 8.49. The Morgan fingerprint density at radius 2 is 1.83 bits per heavy atom. The largest absolute Gasteiger partial charge is 0.436 e. The fraction of sp³-hybridized carbons (Fsp3) is 0.263. The van der Waals surface area contributed by atoms with E-state index in [2.05, 4.69) is 14.9 Å². The van der Waals surface area contributed by atoms with Gasteiger partial charge < -0.3 is 14.4 Å². The third-order valence-corrected chi connectivity index (χ3v) is 4.70. The number of amides is 1. The number of aliphatic imine (C=N–C) groups is 1. The topological polar surface area (TPSA) is 92.8 Å². The molecule has 1 aromatic carbocycles. The van der Waals surface area contributed by atoms with Gasteiger partial charge in [0.1, 0.15) is 6.54 Å². The molecule has 8 nitrogen and oxygen atoms in total. The van der Waals surface area contributed by atoms with E-state index >= 15 is 0 Å². The van der Waals surface area contributed by atoms with Crippen molar-refractivity contribution in [1.29, 1.82) is 0 Å². The van der Waals surface area contributed by atoms with Crippen LogP contribution < -0.4 is 9.75 Å². The molecule has 0 atom stereocenters. The van der Waals surface area contributed by atoms with Crippen molar-refractivity contribution < 1.29 is 19.1 Å². The molecule has 10 heteroatoms. The Balaban J connectivity index is 1.92. The number of amidine groups is 1. The van der Waals surface area contributed by atoms with Crippen LogP contribution in [-0.4, -0.2) is 35.8 Å². The van der Waals surface area contributed by atoms with Crippen molar-refractivity contribution in [3.05, 3.63) is 45.2 Å². The molecule has 0 fully saturated rings. The van der Waals surface area contributed by atoms with Gasteiger partial charge in [-0.05, 0) is 23.2 Å². The molecule has 0 saturated carbocycles. The number of benzene rings is 1. The Kier molecular flexibility index (Phi) is 5.82. The average Bonchev–Trinajstić information content (AvgIpc) is 2.65. The molecule has 2 heterocycles. The lowest BCUT2D eigenvalue weighted by atomic mass is 9.97. The van der Waals surface area contributed by atoms with E-state index in [0.717, 1.165) is 5.01 Å². The van der Waals surface area contributed by atoms with Crippen LogP contribution in [-0.2, 0) is 14.4 Å². The normalized spacial score (nSPS) is 17.0. The predicted octanol–water partition coefficient (Wildman–Crippen LogP) is 3.47. The number of hydrogen-bond acceptors (Lipinski definition) is 6. The van der Waals surface area contributed by atoms with Crippen LogP contribution in [0.4, 0.5) is 5.69 Å². The van der Waals surface area contributed by atoms with E-state index in [-0.39, 0.29) is 45.6 Å². The van der Waals surface area contributed by atoms with Gasteiger partial charge in [-0.3, -0.25) is 9.59 Å². The maximum Gasteiger partial charge on any atom is 0.337 e. The minimum Gasteiger partial charge on any atom is -0.436 e. The number of anilines is 1. The van der Waals surface area contributed by atoms with Crippen molar-refractivity contribution in [2.45, 2.75) is 20.3 Å². The minimum atomic E-state index is -0.643. The van der Waals surface area contributed by atoms with Crippen LogP contribution in [0.2, 0.25) is 10.0 Å². The number of nitrogens with zero attached hydrogens (tertiary/aromatic N) is 4. The zero-order valence-electron chi connectivity index (χ0n) is 15.4. The van der Waals surface area contributed by atoms with Crippen molar-refractivity contribution in [1.82, 2.24) is 0 Å². The van der Waals surface area contributed by atoms with Gasteiger partial charge in [0.25, 0.3) is 5.91 Å². The summed E-state index contributed by atoms with van der Waals surface area (Å²) in [7, 11) is 0. The van der Waals surface area contributed by atoms with Crippen molar-refractivity contribution in [3.8, 4) is 5.75 Å². The molecule has 0 radical (unpaired) electrons. The molecular weight excluding hydrogens is 419 g/mol. The molecule has 2 aliphatic rings. The van der Waals surface area contributed by atoms with E-state index < -0.39 is 23.9 Å².